The maximum absolute atomic E-state index is 12.2. The Balaban J connectivity index is 1.72. The lowest BCUT2D eigenvalue weighted by molar-refractivity contribution is -0.129. The molecular formula is C13H24N2O2S. The molecule has 0 bridgehead atoms. The molecule has 0 aromatic heterocycles. The van der Waals surface area contributed by atoms with Crippen LogP contribution < -0.4 is 5.32 Å². The fraction of sp³-hybridized carbons (Fsp3) is 0.923. The maximum Gasteiger partial charge on any atom is 0.232 e. The normalized spacial score (nSPS) is 26.9. The van der Waals surface area contributed by atoms with Gasteiger partial charge in [0.15, 0.2) is 0 Å². The van der Waals surface area contributed by atoms with Crippen LogP contribution >= 0.6 is 11.8 Å². The molecule has 2 aliphatic heterocycles. The van der Waals surface area contributed by atoms with Crippen molar-refractivity contribution in [2.75, 3.05) is 38.5 Å². The summed E-state index contributed by atoms with van der Waals surface area (Å²) >= 11 is 1.84. The summed E-state index contributed by atoms with van der Waals surface area (Å²) in [7, 11) is 0. The van der Waals surface area contributed by atoms with Crippen molar-refractivity contribution in [2.24, 2.45) is 0 Å². The van der Waals surface area contributed by atoms with Gasteiger partial charge in [-0.05, 0) is 39.3 Å². The monoisotopic (exact) mass is 272 g/mol. The van der Waals surface area contributed by atoms with Gasteiger partial charge in [-0.15, -0.1) is 11.8 Å². The zero-order chi connectivity index (χ0) is 12.8. The van der Waals surface area contributed by atoms with Crippen molar-refractivity contribution in [1.82, 2.24) is 10.2 Å². The first-order valence-electron chi connectivity index (χ1n) is 6.97. The summed E-state index contributed by atoms with van der Waals surface area (Å²) in [4.78, 5) is 14.2. The minimum atomic E-state index is 0.181. The minimum Gasteiger partial charge on any atom is -0.377 e. The van der Waals surface area contributed by atoms with Crippen LogP contribution in [0.25, 0.3) is 0 Å². The lowest BCUT2D eigenvalue weighted by Crippen LogP contribution is -2.38. The quantitative estimate of drug-likeness (QED) is 0.835. The first-order chi connectivity index (χ1) is 8.75. The number of hydrogen-bond donors (Lipinski definition) is 1. The number of nitrogens with one attached hydrogen (secondary N) is 1. The zero-order valence-electron chi connectivity index (χ0n) is 11.2. The van der Waals surface area contributed by atoms with E-state index in [1.165, 1.54) is 12.8 Å². The van der Waals surface area contributed by atoms with E-state index in [4.69, 9.17) is 4.74 Å². The number of piperidine rings is 1. The van der Waals surface area contributed by atoms with Crippen molar-refractivity contribution in [3.05, 3.63) is 0 Å². The molecule has 1 N–H and O–H groups in total. The van der Waals surface area contributed by atoms with Crippen molar-refractivity contribution in [3.8, 4) is 0 Å². The lowest BCUT2D eigenvalue weighted by Gasteiger charge is -2.25. The topological polar surface area (TPSA) is 41.6 Å². The van der Waals surface area contributed by atoms with Gasteiger partial charge >= 0.3 is 0 Å². The molecule has 5 heteroatoms. The molecule has 0 radical (unpaired) electrons. The van der Waals surface area contributed by atoms with Gasteiger partial charge in [-0.1, -0.05) is 0 Å². The van der Waals surface area contributed by atoms with Crippen molar-refractivity contribution < 1.29 is 9.53 Å². The van der Waals surface area contributed by atoms with Crippen LogP contribution in [0.2, 0.25) is 0 Å². The maximum atomic E-state index is 12.2. The van der Waals surface area contributed by atoms with E-state index in [0.29, 0.717) is 11.0 Å². The van der Waals surface area contributed by atoms with E-state index in [0.717, 1.165) is 39.2 Å². The van der Waals surface area contributed by atoms with Crippen LogP contribution in [-0.2, 0) is 9.53 Å². The minimum absolute atomic E-state index is 0.181. The molecule has 104 valence electrons. The first kappa shape index (κ1) is 14.2. The Morgan fingerprint density at radius 2 is 2.22 bits per heavy atom. The lowest BCUT2D eigenvalue weighted by atomic mass is 10.2. The van der Waals surface area contributed by atoms with Gasteiger partial charge in [-0.25, -0.2) is 0 Å². The van der Waals surface area contributed by atoms with E-state index in [1.807, 2.05) is 23.6 Å². The van der Waals surface area contributed by atoms with Crippen LogP contribution in [-0.4, -0.2) is 60.7 Å². The zero-order valence-corrected chi connectivity index (χ0v) is 12.0. The van der Waals surface area contributed by atoms with Crippen molar-refractivity contribution >= 4 is 17.7 Å². The van der Waals surface area contributed by atoms with Crippen molar-refractivity contribution in [3.63, 3.8) is 0 Å². The van der Waals surface area contributed by atoms with Crippen LogP contribution in [0.5, 0.6) is 0 Å². The molecule has 2 fully saturated rings. The highest BCUT2D eigenvalue weighted by Gasteiger charge is 2.21. The van der Waals surface area contributed by atoms with E-state index in [1.54, 1.807) is 0 Å². The van der Waals surface area contributed by atoms with Crippen LogP contribution in [0.4, 0.5) is 0 Å². The third kappa shape index (κ3) is 4.44. The molecule has 1 amide bonds. The Labute approximate surface area is 114 Å². The molecule has 0 saturated carbocycles. The van der Waals surface area contributed by atoms with Crippen molar-refractivity contribution in [2.45, 2.75) is 37.5 Å². The summed E-state index contributed by atoms with van der Waals surface area (Å²) in [6, 6.07) is 0. The fourth-order valence-corrected chi connectivity index (χ4v) is 3.59. The van der Waals surface area contributed by atoms with E-state index in [9.17, 15) is 4.79 Å². The highest BCUT2D eigenvalue weighted by atomic mass is 32.2. The largest absolute Gasteiger partial charge is 0.377 e. The molecule has 2 aliphatic rings. The predicted molar refractivity (Wildman–Crippen MR) is 75.0 cm³/mol. The number of rotatable bonds is 3. The average Bonchev–Trinajstić information content (AvgIpc) is 2.62. The Morgan fingerprint density at radius 3 is 3.00 bits per heavy atom. The van der Waals surface area contributed by atoms with Gasteiger partial charge < -0.3 is 15.0 Å². The Kier molecular flexibility index (Phi) is 5.79. The number of carbonyl (C=O) groups excluding carboxylic acids is 1. The van der Waals surface area contributed by atoms with Crippen LogP contribution in [0, 0.1) is 0 Å². The fourth-order valence-electron chi connectivity index (χ4n) is 2.46. The Hall–Kier alpha value is -0.260. The summed E-state index contributed by atoms with van der Waals surface area (Å²) in [5.74, 6) is 0.924. The summed E-state index contributed by atoms with van der Waals surface area (Å²) in [5.41, 5.74) is 0. The van der Waals surface area contributed by atoms with Gasteiger partial charge in [-0.2, -0.15) is 0 Å². The predicted octanol–water partition coefficient (Wildman–Crippen LogP) is 1.11. The first-order valence-corrected chi connectivity index (χ1v) is 8.02. The summed E-state index contributed by atoms with van der Waals surface area (Å²) in [5, 5.41) is 4.02. The second-order valence-electron chi connectivity index (χ2n) is 5.14. The van der Waals surface area contributed by atoms with Gasteiger partial charge in [-0.3, -0.25) is 4.79 Å². The van der Waals surface area contributed by atoms with Gasteiger partial charge in [0, 0.05) is 24.9 Å². The number of thioether (sulfide) groups is 1. The smallest absolute Gasteiger partial charge is 0.232 e. The molecular weight excluding hydrogens is 248 g/mol. The van der Waals surface area contributed by atoms with E-state index >= 15 is 0 Å². The molecule has 1 unspecified atom stereocenters. The number of ether oxygens (including phenoxy) is 1. The van der Waals surface area contributed by atoms with Gasteiger partial charge in [0.1, 0.15) is 0 Å². The third-order valence-electron chi connectivity index (χ3n) is 3.53. The van der Waals surface area contributed by atoms with Crippen LogP contribution in [0.1, 0.15) is 26.2 Å². The van der Waals surface area contributed by atoms with E-state index < -0.39 is 0 Å². The molecule has 2 rings (SSSR count). The molecule has 0 aromatic carbocycles. The average molecular weight is 272 g/mol. The number of amides is 1. The molecule has 1 atom stereocenters. The second kappa shape index (κ2) is 7.36. The van der Waals surface area contributed by atoms with Gasteiger partial charge in [0.2, 0.25) is 5.91 Å². The standard InChI is InChI=1S/C13H24N2O2S/c1-11-9-15(7-2-8-17-11)13(16)10-18-12-3-5-14-6-4-12/h11-12,14H,2-10H2,1H3. The third-order valence-corrected chi connectivity index (χ3v) is 4.89. The number of carbonyl (C=O) groups is 1. The molecule has 2 saturated heterocycles. The molecule has 18 heavy (non-hydrogen) atoms. The van der Waals surface area contributed by atoms with E-state index in [2.05, 4.69) is 5.32 Å². The number of hydrogen-bond acceptors (Lipinski definition) is 4. The van der Waals surface area contributed by atoms with Crippen molar-refractivity contribution in [1.29, 1.82) is 0 Å². The van der Waals surface area contributed by atoms with Gasteiger partial charge in [0.05, 0.1) is 11.9 Å². The molecule has 4 nitrogen and oxygen atoms in total. The molecule has 0 aliphatic carbocycles. The Bertz CT molecular complexity index is 270. The Morgan fingerprint density at radius 1 is 1.44 bits per heavy atom. The number of nitrogens with zero attached hydrogens (tertiary/aromatic N) is 1. The molecule has 0 spiro atoms. The van der Waals surface area contributed by atoms with E-state index in [-0.39, 0.29) is 12.0 Å². The summed E-state index contributed by atoms with van der Waals surface area (Å²) in [6.07, 6.45) is 3.53. The highest BCUT2D eigenvalue weighted by Crippen LogP contribution is 2.20. The molecule has 2 heterocycles. The molecule has 0 aromatic rings. The second-order valence-corrected chi connectivity index (χ2v) is 6.42. The van der Waals surface area contributed by atoms with Crippen LogP contribution in [0.15, 0.2) is 0 Å². The SMILES string of the molecule is CC1CN(C(=O)CSC2CCNCC2)CCCO1. The van der Waals surface area contributed by atoms with Crippen LogP contribution in [0.3, 0.4) is 0 Å². The summed E-state index contributed by atoms with van der Waals surface area (Å²) < 4.78 is 5.57. The van der Waals surface area contributed by atoms with Gasteiger partial charge in [0.25, 0.3) is 0 Å². The summed E-state index contributed by atoms with van der Waals surface area (Å²) in [6.45, 7) is 6.64. The highest BCUT2D eigenvalue weighted by molar-refractivity contribution is 8.00.